The van der Waals surface area contributed by atoms with E-state index in [0.29, 0.717) is 11.3 Å². The van der Waals surface area contributed by atoms with Gasteiger partial charge in [-0.1, -0.05) is 6.07 Å². The molecule has 2 heterocycles. The molecule has 3 unspecified atom stereocenters. The van der Waals surface area contributed by atoms with Crippen molar-refractivity contribution >= 4 is 12.0 Å². The fraction of sp³-hybridized carbons (Fsp3) is 0.462. The number of hydrogen-bond acceptors (Lipinski definition) is 6. The zero-order valence-electron chi connectivity index (χ0n) is 20.0. The highest BCUT2D eigenvalue weighted by Crippen LogP contribution is 2.43. The minimum absolute atomic E-state index is 0.00348. The largest absolute Gasteiger partial charge is 0.493 e. The molecule has 1 aromatic carbocycles. The molecule has 4 atom stereocenters. The zero-order chi connectivity index (χ0) is 25.3. The predicted molar refractivity (Wildman–Crippen MR) is 126 cm³/mol. The number of likely N-dealkylation sites (tertiary alicyclic amines) is 1. The monoisotopic (exact) mass is 480 g/mol. The van der Waals surface area contributed by atoms with Crippen LogP contribution < -0.4 is 5.32 Å². The second-order valence-electron chi connectivity index (χ2n) is 10.1. The SMILES string of the molecule is CC(C)(C)OC(=O)N1C2CCC(C2)C1C(=O)N[C@H](C#N)Cc1cc(-c2cccc(O)n2)ccc1F. The Hall–Kier alpha value is -3.67. The Balaban J connectivity index is 1.50. The molecule has 9 heteroatoms. The summed E-state index contributed by atoms with van der Waals surface area (Å²) in [6, 6.07) is 9.37. The minimum Gasteiger partial charge on any atom is -0.493 e. The molecule has 2 amide bonds. The molecule has 2 bridgehead atoms. The van der Waals surface area contributed by atoms with Crippen LogP contribution >= 0.6 is 0 Å². The molecule has 1 aromatic heterocycles. The Kier molecular flexibility index (Phi) is 6.66. The Morgan fingerprint density at radius 2 is 2.09 bits per heavy atom. The van der Waals surface area contributed by atoms with Gasteiger partial charge < -0.3 is 15.2 Å². The molecule has 2 N–H and O–H groups in total. The number of amides is 2. The summed E-state index contributed by atoms with van der Waals surface area (Å²) in [5.74, 6) is -1.10. The number of nitriles is 1. The predicted octanol–water partition coefficient (Wildman–Crippen LogP) is 3.93. The molecule has 0 radical (unpaired) electrons. The number of fused-ring (bicyclic) bond motifs is 2. The van der Waals surface area contributed by atoms with Crippen molar-refractivity contribution in [2.75, 3.05) is 0 Å². The lowest BCUT2D eigenvalue weighted by Crippen LogP contribution is -2.55. The Morgan fingerprint density at radius 3 is 2.77 bits per heavy atom. The number of carbonyl (C=O) groups excluding carboxylic acids is 2. The van der Waals surface area contributed by atoms with Crippen molar-refractivity contribution < 1.29 is 23.8 Å². The van der Waals surface area contributed by atoms with Gasteiger partial charge in [0.05, 0.1) is 11.8 Å². The van der Waals surface area contributed by atoms with Crippen LogP contribution in [-0.4, -0.2) is 50.7 Å². The van der Waals surface area contributed by atoms with Crippen LogP contribution in [0, 0.1) is 23.1 Å². The van der Waals surface area contributed by atoms with Gasteiger partial charge in [-0.2, -0.15) is 5.26 Å². The van der Waals surface area contributed by atoms with E-state index in [1.54, 1.807) is 39.0 Å². The minimum atomic E-state index is -0.996. The van der Waals surface area contributed by atoms with E-state index in [4.69, 9.17) is 4.74 Å². The van der Waals surface area contributed by atoms with Crippen LogP contribution in [-0.2, 0) is 16.0 Å². The number of halogens is 1. The van der Waals surface area contributed by atoms with Gasteiger partial charge in [-0.05, 0) is 75.8 Å². The molecule has 0 spiro atoms. The van der Waals surface area contributed by atoms with E-state index in [0.717, 1.165) is 19.3 Å². The van der Waals surface area contributed by atoms with E-state index in [9.17, 15) is 24.3 Å². The summed E-state index contributed by atoms with van der Waals surface area (Å²) in [4.78, 5) is 31.6. The van der Waals surface area contributed by atoms with Gasteiger partial charge in [-0.15, -0.1) is 0 Å². The second kappa shape index (κ2) is 9.53. The van der Waals surface area contributed by atoms with Gasteiger partial charge in [0.15, 0.2) is 0 Å². The Labute approximate surface area is 203 Å². The highest BCUT2D eigenvalue weighted by atomic mass is 19.1. The second-order valence-corrected chi connectivity index (χ2v) is 10.1. The third kappa shape index (κ3) is 5.37. The van der Waals surface area contributed by atoms with Crippen molar-refractivity contribution in [2.24, 2.45) is 5.92 Å². The number of hydrogen-bond donors (Lipinski definition) is 2. The first-order valence-electron chi connectivity index (χ1n) is 11.7. The summed E-state index contributed by atoms with van der Waals surface area (Å²) in [7, 11) is 0. The van der Waals surface area contributed by atoms with Crippen LogP contribution in [0.5, 0.6) is 5.88 Å². The highest BCUT2D eigenvalue weighted by molar-refractivity contribution is 5.87. The summed E-state index contributed by atoms with van der Waals surface area (Å²) >= 11 is 0. The molecule has 1 aliphatic heterocycles. The standard InChI is InChI=1S/C26H29FN4O4/c1-26(2,3)35-25(34)31-19-9-7-16(13-19)23(31)24(33)29-18(14-28)12-17-11-15(8-10-20(17)27)21-5-4-6-22(32)30-21/h4-6,8,10-11,16,18-19,23H,7,9,12-13H2,1-3H3,(H,29,33)(H,30,32)/t16?,18-,19?,23?/m0/s1. The van der Waals surface area contributed by atoms with E-state index in [1.807, 2.05) is 6.07 Å². The third-order valence-corrected chi connectivity index (χ3v) is 6.43. The van der Waals surface area contributed by atoms with Gasteiger partial charge >= 0.3 is 6.09 Å². The molecule has 1 saturated carbocycles. The van der Waals surface area contributed by atoms with Crippen LogP contribution in [0.1, 0.15) is 45.6 Å². The van der Waals surface area contributed by atoms with Crippen molar-refractivity contribution in [1.82, 2.24) is 15.2 Å². The smallest absolute Gasteiger partial charge is 0.411 e. The van der Waals surface area contributed by atoms with Gasteiger partial charge in [0.2, 0.25) is 11.8 Å². The van der Waals surface area contributed by atoms with E-state index >= 15 is 0 Å². The molecular weight excluding hydrogens is 451 g/mol. The molecule has 1 aliphatic carbocycles. The van der Waals surface area contributed by atoms with Gasteiger partial charge in [0.25, 0.3) is 0 Å². The normalized spacial score (nSPS) is 21.9. The summed E-state index contributed by atoms with van der Waals surface area (Å²) in [5, 5.41) is 22.1. The first kappa shape index (κ1) is 24.5. The zero-order valence-corrected chi connectivity index (χ0v) is 20.0. The van der Waals surface area contributed by atoms with Crippen LogP contribution in [0.3, 0.4) is 0 Å². The van der Waals surface area contributed by atoms with Crippen molar-refractivity contribution in [3.8, 4) is 23.2 Å². The van der Waals surface area contributed by atoms with Crippen LogP contribution in [0.15, 0.2) is 36.4 Å². The van der Waals surface area contributed by atoms with Crippen molar-refractivity contribution in [3.63, 3.8) is 0 Å². The maximum Gasteiger partial charge on any atom is 0.411 e. The topological polar surface area (TPSA) is 116 Å². The number of nitrogens with zero attached hydrogens (tertiary/aromatic N) is 3. The number of carbonyl (C=O) groups is 2. The molecule has 2 aliphatic rings. The molecule has 2 fully saturated rings. The number of aromatic hydroxyl groups is 1. The Bertz CT molecular complexity index is 1170. The fourth-order valence-electron chi connectivity index (χ4n) is 4.98. The number of rotatable bonds is 5. The highest BCUT2D eigenvalue weighted by Gasteiger charge is 2.52. The molecular formula is C26H29FN4O4. The molecule has 184 valence electrons. The van der Waals surface area contributed by atoms with Crippen LogP contribution in [0.4, 0.5) is 9.18 Å². The summed E-state index contributed by atoms with van der Waals surface area (Å²) < 4.78 is 20.1. The van der Waals surface area contributed by atoms with Gasteiger partial charge in [0, 0.05) is 24.1 Å². The maximum atomic E-state index is 14.6. The van der Waals surface area contributed by atoms with Crippen molar-refractivity contribution in [3.05, 3.63) is 47.8 Å². The van der Waals surface area contributed by atoms with Crippen LogP contribution in [0.2, 0.25) is 0 Å². The number of pyridine rings is 1. The first-order chi connectivity index (χ1) is 16.6. The van der Waals surface area contributed by atoms with Crippen LogP contribution in [0.25, 0.3) is 11.3 Å². The number of piperidine rings is 1. The molecule has 2 aromatic rings. The lowest BCUT2D eigenvalue weighted by atomic mass is 9.97. The maximum absolute atomic E-state index is 14.6. The van der Waals surface area contributed by atoms with E-state index in [-0.39, 0.29) is 29.8 Å². The van der Waals surface area contributed by atoms with E-state index in [2.05, 4.69) is 10.3 Å². The van der Waals surface area contributed by atoms with Gasteiger partial charge in [0.1, 0.15) is 23.5 Å². The quantitative estimate of drug-likeness (QED) is 0.670. The summed E-state index contributed by atoms with van der Waals surface area (Å²) in [5.41, 5.74) is 0.571. The van der Waals surface area contributed by atoms with Gasteiger partial charge in [-0.3, -0.25) is 9.69 Å². The number of benzene rings is 1. The first-order valence-corrected chi connectivity index (χ1v) is 11.7. The van der Waals surface area contributed by atoms with E-state index < -0.39 is 35.5 Å². The molecule has 35 heavy (non-hydrogen) atoms. The average molecular weight is 481 g/mol. The lowest BCUT2D eigenvalue weighted by Gasteiger charge is -2.35. The van der Waals surface area contributed by atoms with E-state index in [1.165, 1.54) is 23.1 Å². The third-order valence-electron chi connectivity index (χ3n) is 6.43. The number of ether oxygens (including phenoxy) is 1. The molecule has 8 nitrogen and oxygen atoms in total. The molecule has 1 saturated heterocycles. The van der Waals surface area contributed by atoms with Gasteiger partial charge in [-0.25, -0.2) is 14.2 Å². The Morgan fingerprint density at radius 1 is 1.31 bits per heavy atom. The summed E-state index contributed by atoms with van der Waals surface area (Å²) in [6.45, 7) is 5.32. The summed E-state index contributed by atoms with van der Waals surface area (Å²) in [6.07, 6.45) is 1.77. The van der Waals surface area contributed by atoms with Crippen molar-refractivity contribution in [2.45, 2.75) is 70.2 Å². The van der Waals surface area contributed by atoms with Crippen molar-refractivity contribution in [1.29, 1.82) is 5.26 Å². The number of aromatic nitrogens is 1. The molecule has 4 rings (SSSR count). The number of nitrogens with one attached hydrogen (secondary N) is 1. The lowest BCUT2D eigenvalue weighted by molar-refractivity contribution is -0.128. The average Bonchev–Trinajstić information content (AvgIpc) is 3.40. The fourth-order valence-corrected chi connectivity index (χ4v) is 4.98.